The predicted octanol–water partition coefficient (Wildman–Crippen LogP) is 3.18. The summed E-state index contributed by atoms with van der Waals surface area (Å²) in [6.07, 6.45) is 1.31. The summed E-state index contributed by atoms with van der Waals surface area (Å²) in [6, 6.07) is 5.24. The highest BCUT2D eigenvalue weighted by molar-refractivity contribution is 7.22. The Morgan fingerprint density at radius 1 is 1.24 bits per heavy atom. The van der Waals surface area contributed by atoms with E-state index < -0.39 is 0 Å². The van der Waals surface area contributed by atoms with Crippen molar-refractivity contribution in [2.24, 2.45) is 0 Å². The van der Waals surface area contributed by atoms with E-state index in [9.17, 15) is 9.59 Å². The van der Waals surface area contributed by atoms with Crippen LogP contribution < -0.4 is 16.0 Å². The van der Waals surface area contributed by atoms with Crippen molar-refractivity contribution in [3.05, 3.63) is 18.2 Å². The molecule has 0 radical (unpaired) electrons. The third kappa shape index (κ3) is 4.16. The first kappa shape index (κ1) is 15.2. The highest BCUT2D eigenvalue weighted by Crippen LogP contribution is 2.28. The Morgan fingerprint density at radius 3 is 2.76 bits per heavy atom. The maximum absolute atomic E-state index is 11.6. The van der Waals surface area contributed by atoms with Crippen LogP contribution in [0.3, 0.4) is 0 Å². The Kier molecular flexibility index (Phi) is 5.10. The van der Waals surface area contributed by atoms with Crippen LogP contribution in [-0.4, -0.2) is 23.5 Å². The minimum absolute atomic E-state index is 0.0636. The van der Waals surface area contributed by atoms with Gasteiger partial charge in [0.05, 0.1) is 10.2 Å². The quantitative estimate of drug-likeness (QED) is 0.793. The number of aromatic nitrogens is 1. The van der Waals surface area contributed by atoms with Crippen molar-refractivity contribution in [1.29, 1.82) is 0 Å². The van der Waals surface area contributed by atoms with Crippen LogP contribution in [0.1, 0.15) is 26.7 Å². The molecule has 0 atom stereocenters. The van der Waals surface area contributed by atoms with Crippen molar-refractivity contribution in [3.8, 4) is 0 Å². The van der Waals surface area contributed by atoms with Crippen LogP contribution in [0.15, 0.2) is 18.2 Å². The van der Waals surface area contributed by atoms with Gasteiger partial charge in [-0.2, -0.15) is 0 Å². The van der Waals surface area contributed by atoms with Crippen molar-refractivity contribution in [2.75, 3.05) is 17.2 Å². The summed E-state index contributed by atoms with van der Waals surface area (Å²) >= 11 is 1.39. The third-order valence-electron chi connectivity index (χ3n) is 2.75. The molecule has 6 nitrogen and oxygen atoms in total. The second-order valence-electron chi connectivity index (χ2n) is 4.48. The van der Waals surface area contributed by atoms with Gasteiger partial charge in [0.25, 0.3) is 0 Å². The van der Waals surface area contributed by atoms with Crippen LogP contribution in [0, 0.1) is 0 Å². The van der Waals surface area contributed by atoms with E-state index in [1.54, 1.807) is 13.0 Å². The van der Waals surface area contributed by atoms with Gasteiger partial charge in [0, 0.05) is 18.7 Å². The smallest absolute Gasteiger partial charge is 0.319 e. The largest absolute Gasteiger partial charge is 0.338 e. The molecule has 7 heteroatoms. The second-order valence-corrected chi connectivity index (χ2v) is 5.51. The van der Waals surface area contributed by atoms with Crippen molar-refractivity contribution >= 4 is 44.3 Å². The number of benzene rings is 1. The van der Waals surface area contributed by atoms with E-state index in [0.29, 0.717) is 23.8 Å². The maximum Gasteiger partial charge on any atom is 0.319 e. The molecule has 0 bridgehead atoms. The lowest BCUT2D eigenvalue weighted by Crippen LogP contribution is -2.29. The lowest BCUT2D eigenvalue weighted by Gasteiger charge is -2.06. The average Bonchev–Trinajstić information content (AvgIpc) is 2.86. The number of urea groups is 1. The minimum Gasteiger partial charge on any atom is -0.338 e. The van der Waals surface area contributed by atoms with E-state index >= 15 is 0 Å². The second kappa shape index (κ2) is 7.03. The van der Waals surface area contributed by atoms with Crippen LogP contribution in [0.25, 0.3) is 10.2 Å². The fraction of sp³-hybridized carbons (Fsp3) is 0.357. The topological polar surface area (TPSA) is 83.1 Å². The number of carbonyl (C=O) groups excluding carboxylic acids is 2. The van der Waals surface area contributed by atoms with Crippen molar-refractivity contribution in [3.63, 3.8) is 0 Å². The van der Waals surface area contributed by atoms with E-state index in [0.717, 1.165) is 16.6 Å². The summed E-state index contributed by atoms with van der Waals surface area (Å²) in [5.74, 6) is -0.0636. The molecular weight excluding hydrogens is 288 g/mol. The molecule has 0 aliphatic carbocycles. The van der Waals surface area contributed by atoms with Gasteiger partial charge in [-0.15, -0.1) is 0 Å². The molecule has 0 fully saturated rings. The van der Waals surface area contributed by atoms with Gasteiger partial charge in [0.15, 0.2) is 5.13 Å². The SMILES string of the molecule is CCCNC(=O)Nc1ccc2nc(NC(=O)CC)sc2c1. The fourth-order valence-corrected chi connectivity index (χ4v) is 2.60. The lowest BCUT2D eigenvalue weighted by molar-refractivity contribution is -0.115. The minimum atomic E-state index is -0.222. The van der Waals surface area contributed by atoms with E-state index in [1.807, 2.05) is 19.1 Å². The van der Waals surface area contributed by atoms with E-state index in [4.69, 9.17) is 0 Å². The lowest BCUT2D eigenvalue weighted by atomic mass is 10.3. The number of nitrogens with one attached hydrogen (secondary N) is 3. The van der Waals surface area contributed by atoms with Crippen LogP contribution in [0.4, 0.5) is 15.6 Å². The molecule has 0 saturated heterocycles. The number of fused-ring (bicyclic) bond motifs is 1. The first-order valence-electron chi connectivity index (χ1n) is 6.87. The van der Waals surface area contributed by atoms with Gasteiger partial charge in [-0.25, -0.2) is 9.78 Å². The summed E-state index contributed by atoms with van der Waals surface area (Å²) in [4.78, 5) is 27.3. The molecule has 1 aromatic carbocycles. The maximum atomic E-state index is 11.6. The predicted molar refractivity (Wildman–Crippen MR) is 85.9 cm³/mol. The Hall–Kier alpha value is -2.15. The zero-order valence-electron chi connectivity index (χ0n) is 12.0. The number of hydrogen-bond acceptors (Lipinski definition) is 4. The first-order valence-corrected chi connectivity index (χ1v) is 7.69. The summed E-state index contributed by atoms with van der Waals surface area (Å²) in [7, 11) is 0. The molecule has 21 heavy (non-hydrogen) atoms. The van der Waals surface area contributed by atoms with Crippen molar-refractivity contribution in [1.82, 2.24) is 10.3 Å². The van der Waals surface area contributed by atoms with Crippen molar-refractivity contribution in [2.45, 2.75) is 26.7 Å². The zero-order valence-corrected chi connectivity index (χ0v) is 12.8. The molecule has 2 rings (SSSR count). The van der Waals surface area contributed by atoms with Crippen LogP contribution in [-0.2, 0) is 4.79 Å². The Balaban J connectivity index is 2.10. The Morgan fingerprint density at radius 2 is 2.05 bits per heavy atom. The Bertz CT molecular complexity index is 653. The van der Waals surface area contributed by atoms with Crippen LogP contribution in [0.5, 0.6) is 0 Å². The van der Waals surface area contributed by atoms with E-state index in [-0.39, 0.29) is 11.9 Å². The molecule has 0 saturated carbocycles. The molecule has 3 amide bonds. The van der Waals surface area contributed by atoms with Gasteiger partial charge in [-0.1, -0.05) is 25.2 Å². The zero-order chi connectivity index (χ0) is 15.2. The first-order chi connectivity index (χ1) is 10.1. The summed E-state index contributed by atoms with van der Waals surface area (Å²) in [5, 5.41) is 8.83. The van der Waals surface area contributed by atoms with Gasteiger partial charge in [-0.3, -0.25) is 4.79 Å². The summed E-state index contributed by atoms with van der Waals surface area (Å²) in [6.45, 7) is 4.43. The van der Waals surface area contributed by atoms with Crippen molar-refractivity contribution < 1.29 is 9.59 Å². The molecular formula is C14H18N4O2S. The van der Waals surface area contributed by atoms with Crippen LogP contribution in [0.2, 0.25) is 0 Å². The van der Waals surface area contributed by atoms with E-state index in [1.165, 1.54) is 11.3 Å². The van der Waals surface area contributed by atoms with Gasteiger partial charge in [-0.05, 0) is 24.6 Å². The van der Waals surface area contributed by atoms with Gasteiger partial charge < -0.3 is 16.0 Å². The van der Waals surface area contributed by atoms with Gasteiger partial charge in [0.1, 0.15) is 0 Å². The van der Waals surface area contributed by atoms with Gasteiger partial charge >= 0.3 is 6.03 Å². The molecule has 112 valence electrons. The normalized spacial score (nSPS) is 10.4. The number of carbonyl (C=O) groups is 2. The number of amides is 3. The van der Waals surface area contributed by atoms with Gasteiger partial charge in [0.2, 0.25) is 5.91 Å². The number of anilines is 2. The molecule has 0 aliphatic rings. The number of nitrogens with zero attached hydrogens (tertiary/aromatic N) is 1. The standard InChI is InChI=1S/C14H18N4O2S/c1-3-7-15-13(20)16-9-5-6-10-11(8-9)21-14(17-10)18-12(19)4-2/h5-6,8H,3-4,7H2,1-2H3,(H2,15,16,20)(H,17,18,19). The molecule has 1 aromatic heterocycles. The summed E-state index contributed by atoms with van der Waals surface area (Å²) < 4.78 is 0.912. The van der Waals surface area contributed by atoms with E-state index in [2.05, 4.69) is 20.9 Å². The molecule has 1 heterocycles. The number of hydrogen-bond donors (Lipinski definition) is 3. The fourth-order valence-electron chi connectivity index (χ4n) is 1.68. The molecule has 3 N–H and O–H groups in total. The summed E-state index contributed by atoms with van der Waals surface area (Å²) in [5.41, 5.74) is 1.50. The molecule has 0 unspecified atom stereocenters. The number of thiazole rings is 1. The number of rotatable bonds is 5. The highest BCUT2D eigenvalue weighted by Gasteiger charge is 2.08. The highest BCUT2D eigenvalue weighted by atomic mass is 32.1. The molecule has 0 aliphatic heterocycles. The van der Waals surface area contributed by atoms with Crippen LogP contribution >= 0.6 is 11.3 Å². The Labute approximate surface area is 127 Å². The molecule has 0 spiro atoms. The monoisotopic (exact) mass is 306 g/mol. The molecule has 2 aromatic rings. The third-order valence-corrected chi connectivity index (χ3v) is 3.68. The average molecular weight is 306 g/mol.